The Morgan fingerprint density at radius 2 is 1.79 bits per heavy atom. The number of hydrogen-bond acceptors (Lipinski definition) is 4. The average Bonchev–Trinajstić information content (AvgIpc) is 2.62. The first kappa shape index (κ1) is 18.3. The van der Waals surface area contributed by atoms with Crippen molar-refractivity contribution in [3.05, 3.63) is 29.8 Å². The number of carbonyl (C=O) groups excluding carboxylic acids is 2. The molecule has 0 aromatic heterocycles. The van der Waals surface area contributed by atoms with Gasteiger partial charge in [-0.1, -0.05) is 19.1 Å². The summed E-state index contributed by atoms with van der Waals surface area (Å²) in [5.41, 5.74) is 1.12. The lowest BCUT2D eigenvalue weighted by atomic mass is 10.1. The number of rotatable bonds is 7. The fourth-order valence-electron chi connectivity index (χ4n) is 2.76. The quantitative estimate of drug-likeness (QED) is 0.754. The van der Waals surface area contributed by atoms with E-state index in [1.807, 2.05) is 24.3 Å². The van der Waals surface area contributed by atoms with Gasteiger partial charge in [-0.25, -0.2) is 0 Å². The van der Waals surface area contributed by atoms with Crippen molar-refractivity contribution >= 4 is 11.8 Å². The van der Waals surface area contributed by atoms with Gasteiger partial charge < -0.3 is 19.9 Å². The molecule has 1 heterocycles. The third kappa shape index (κ3) is 5.53. The molecule has 0 aliphatic carbocycles. The highest BCUT2D eigenvalue weighted by Gasteiger charge is 2.21. The lowest BCUT2D eigenvalue weighted by Crippen LogP contribution is -2.49. The Balaban J connectivity index is 1.66. The SMILES string of the molecule is CCN1CCN(C(=O)CC(=O)NCCc2ccc(OC)cc2)CC1. The lowest BCUT2D eigenvalue weighted by Gasteiger charge is -2.33. The summed E-state index contributed by atoms with van der Waals surface area (Å²) in [6, 6.07) is 7.75. The molecule has 0 bridgehead atoms. The monoisotopic (exact) mass is 333 g/mol. The third-order valence-electron chi connectivity index (χ3n) is 4.38. The highest BCUT2D eigenvalue weighted by Crippen LogP contribution is 2.11. The van der Waals surface area contributed by atoms with Crippen LogP contribution in [0.4, 0.5) is 0 Å². The Labute approximate surface area is 143 Å². The van der Waals surface area contributed by atoms with Gasteiger partial charge in [-0.2, -0.15) is 0 Å². The number of likely N-dealkylation sites (N-methyl/N-ethyl adjacent to an activating group) is 1. The van der Waals surface area contributed by atoms with Crippen molar-refractivity contribution in [2.24, 2.45) is 0 Å². The Hall–Kier alpha value is -2.08. The van der Waals surface area contributed by atoms with Crippen LogP contribution in [-0.4, -0.2) is 68.0 Å². The van der Waals surface area contributed by atoms with Crippen LogP contribution in [0, 0.1) is 0 Å². The fourth-order valence-corrected chi connectivity index (χ4v) is 2.76. The predicted octanol–water partition coefficient (Wildman–Crippen LogP) is 0.908. The maximum absolute atomic E-state index is 12.1. The van der Waals surface area contributed by atoms with Gasteiger partial charge in [0.15, 0.2) is 0 Å². The predicted molar refractivity (Wildman–Crippen MR) is 93.0 cm³/mol. The van der Waals surface area contributed by atoms with E-state index in [4.69, 9.17) is 4.74 Å². The molecule has 0 spiro atoms. The van der Waals surface area contributed by atoms with Crippen LogP contribution in [0.25, 0.3) is 0 Å². The molecular formula is C18H27N3O3. The molecule has 1 aromatic carbocycles. The van der Waals surface area contributed by atoms with Gasteiger partial charge in [-0.15, -0.1) is 0 Å². The number of piperazine rings is 1. The van der Waals surface area contributed by atoms with Crippen LogP contribution in [0.1, 0.15) is 18.9 Å². The summed E-state index contributed by atoms with van der Waals surface area (Å²) in [5, 5.41) is 2.82. The van der Waals surface area contributed by atoms with Crippen LogP contribution in [0.3, 0.4) is 0 Å². The standard InChI is InChI=1S/C18H27N3O3/c1-3-20-10-12-21(13-11-20)18(23)14-17(22)19-9-8-15-4-6-16(24-2)7-5-15/h4-7H,3,8-14H2,1-2H3,(H,19,22). The molecule has 1 fully saturated rings. The van der Waals surface area contributed by atoms with Crippen molar-refractivity contribution in [2.45, 2.75) is 19.8 Å². The van der Waals surface area contributed by atoms with Gasteiger partial charge in [0.1, 0.15) is 12.2 Å². The minimum absolute atomic E-state index is 0.0608. The molecule has 2 amide bonds. The van der Waals surface area contributed by atoms with Crippen molar-refractivity contribution in [3.63, 3.8) is 0 Å². The van der Waals surface area contributed by atoms with E-state index >= 15 is 0 Å². The van der Waals surface area contributed by atoms with Gasteiger partial charge in [0, 0.05) is 32.7 Å². The number of carbonyl (C=O) groups is 2. The lowest BCUT2D eigenvalue weighted by molar-refractivity contribution is -0.137. The molecule has 1 aliphatic rings. The first-order valence-corrected chi connectivity index (χ1v) is 8.52. The minimum atomic E-state index is -0.202. The Bertz CT molecular complexity index is 537. The van der Waals surface area contributed by atoms with Gasteiger partial charge in [-0.3, -0.25) is 9.59 Å². The summed E-state index contributed by atoms with van der Waals surface area (Å²) in [6.45, 7) is 6.87. The van der Waals surface area contributed by atoms with Crippen molar-refractivity contribution in [2.75, 3.05) is 46.4 Å². The zero-order valence-corrected chi connectivity index (χ0v) is 14.6. The molecule has 0 radical (unpaired) electrons. The molecule has 1 aromatic rings. The first-order valence-electron chi connectivity index (χ1n) is 8.52. The summed E-state index contributed by atoms with van der Waals surface area (Å²) in [6.07, 6.45) is 0.674. The summed E-state index contributed by atoms with van der Waals surface area (Å²) in [7, 11) is 1.63. The van der Waals surface area contributed by atoms with E-state index in [2.05, 4.69) is 17.1 Å². The third-order valence-corrected chi connectivity index (χ3v) is 4.38. The largest absolute Gasteiger partial charge is 0.497 e. The number of nitrogens with one attached hydrogen (secondary N) is 1. The smallest absolute Gasteiger partial charge is 0.232 e. The molecule has 24 heavy (non-hydrogen) atoms. The molecule has 0 saturated carbocycles. The van der Waals surface area contributed by atoms with Crippen LogP contribution in [0.15, 0.2) is 24.3 Å². The maximum atomic E-state index is 12.1. The van der Waals surface area contributed by atoms with Crippen LogP contribution in [0.2, 0.25) is 0 Å². The normalized spacial score (nSPS) is 15.2. The van der Waals surface area contributed by atoms with Crippen molar-refractivity contribution in [3.8, 4) is 5.75 Å². The van der Waals surface area contributed by atoms with E-state index in [0.29, 0.717) is 19.6 Å². The molecular weight excluding hydrogens is 306 g/mol. The van der Waals surface area contributed by atoms with E-state index in [-0.39, 0.29) is 18.2 Å². The topological polar surface area (TPSA) is 61.9 Å². The molecule has 0 unspecified atom stereocenters. The second-order valence-corrected chi connectivity index (χ2v) is 5.94. The van der Waals surface area contributed by atoms with Gasteiger partial charge in [0.25, 0.3) is 0 Å². The number of nitrogens with zero attached hydrogens (tertiary/aromatic N) is 2. The van der Waals surface area contributed by atoms with Crippen molar-refractivity contribution in [1.82, 2.24) is 15.1 Å². The van der Waals surface area contributed by atoms with Crippen molar-refractivity contribution in [1.29, 1.82) is 0 Å². The summed E-state index contributed by atoms with van der Waals surface area (Å²) < 4.78 is 5.11. The van der Waals surface area contributed by atoms with Gasteiger partial charge in [-0.05, 0) is 30.7 Å². The highest BCUT2D eigenvalue weighted by atomic mass is 16.5. The number of hydrogen-bond donors (Lipinski definition) is 1. The summed E-state index contributed by atoms with van der Waals surface area (Å²) in [4.78, 5) is 28.1. The van der Waals surface area contributed by atoms with Crippen LogP contribution in [-0.2, 0) is 16.0 Å². The van der Waals surface area contributed by atoms with E-state index in [1.54, 1.807) is 12.0 Å². The highest BCUT2D eigenvalue weighted by molar-refractivity contribution is 5.96. The van der Waals surface area contributed by atoms with Gasteiger partial charge in [0.05, 0.1) is 7.11 Å². The molecule has 6 heteroatoms. The molecule has 132 valence electrons. The molecule has 0 atom stereocenters. The maximum Gasteiger partial charge on any atom is 0.232 e. The molecule has 6 nitrogen and oxygen atoms in total. The molecule has 2 rings (SSSR count). The second kappa shape index (κ2) is 9.27. The molecule has 1 saturated heterocycles. The second-order valence-electron chi connectivity index (χ2n) is 5.94. The number of ether oxygens (including phenoxy) is 1. The minimum Gasteiger partial charge on any atom is -0.497 e. The van der Waals surface area contributed by atoms with Crippen molar-refractivity contribution < 1.29 is 14.3 Å². The number of amides is 2. The van der Waals surface area contributed by atoms with E-state index in [1.165, 1.54) is 0 Å². The van der Waals surface area contributed by atoms with Crippen LogP contribution < -0.4 is 10.1 Å². The summed E-state index contributed by atoms with van der Waals surface area (Å²) >= 11 is 0. The van der Waals surface area contributed by atoms with Gasteiger partial charge in [0.2, 0.25) is 11.8 Å². The number of benzene rings is 1. The Morgan fingerprint density at radius 3 is 2.38 bits per heavy atom. The van der Waals surface area contributed by atoms with Crippen LogP contribution in [0.5, 0.6) is 5.75 Å². The summed E-state index contributed by atoms with van der Waals surface area (Å²) in [5.74, 6) is 0.538. The first-order chi connectivity index (χ1) is 11.6. The van der Waals surface area contributed by atoms with E-state index in [9.17, 15) is 9.59 Å². The molecule has 1 aliphatic heterocycles. The zero-order valence-electron chi connectivity index (χ0n) is 14.6. The van der Waals surface area contributed by atoms with E-state index < -0.39 is 0 Å². The van der Waals surface area contributed by atoms with Gasteiger partial charge >= 0.3 is 0 Å². The number of methoxy groups -OCH3 is 1. The fraction of sp³-hybridized carbons (Fsp3) is 0.556. The van der Waals surface area contributed by atoms with E-state index in [0.717, 1.165) is 37.4 Å². The Kier molecular flexibility index (Phi) is 7.06. The zero-order chi connectivity index (χ0) is 17.4. The van der Waals surface area contributed by atoms with Crippen LogP contribution >= 0.6 is 0 Å². The Morgan fingerprint density at radius 1 is 1.12 bits per heavy atom. The molecule has 1 N–H and O–H groups in total. The average molecular weight is 333 g/mol.